The number of nitrogens with one attached hydrogen (secondary N) is 1. The summed E-state index contributed by atoms with van der Waals surface area (Å²) in [7, 11) is 0. The van der Waals surface area contributed by atoms with Crippen molar-refractivity contribution in [3.63, 3.8) is 0 Å². The van der Waals surface area contributed by atoms with Crippen LogP contribution in [-0.4, -0.2) is 20.2 Å². The second kappa shape index (κ2) is 5.91. The maximum absolute atomic E-state index is 6.18. The molecule has 5 nitrogen and oxygen atoms in total. The summed E-state index contributed by atoms with van der Waals surface area (Å²) in [6.07, 6.45) is 0.862. The van der Waals surface area contributed by atoms with E-state index >= 15 is 0 Å². The van der Waals surface area contributed by atoms with Gasteiger partial charge in [-0.2, -0.15) is 0 Å². The largest absolute Gasteiger partial charge is 0.346 e. The zero-order chi connectivity index (χ0) is 16.7. The monoisotopic (exact) mass is 339 g/mol. The van der Waals surface area contributed by atoms with Gasteiger partial charge in [0.25, 0.3) is 0 Å². The van der Waals surface area contributed by atoms with Gasteiger partial charge < -0.3 is 5.32 Å². The Morgan fingerprint density at radius 1 is 1.08 bits per heavy atom. The molecule has 2 atom stereocenters. The molecule has 2 aromatic carbocycles. The molecule has 3 aromatic rings. The van der Waals surface area contributed by atoms with Crippen LogP contribution in [0, 0.1) is 13.8 Å². The first kappa shape index (κ1) is 15.1. The Morgan fingerprint density at radius 2 is 1.96 bits per heavy atom. The van der Waals surface area contributed by atoms with E-state index in [-0.39, 0.29) is 12.1 Å². The molecule has 1 N–H and O–H groups in total. The zero-order valence-electron chi connectivity index (χ0n) is 13.6. The molecule has 0 saturated carbocycles. The van der Waals surface area contributed by atoms with Gasteiger partial charge in [-0.05, 0) is 65.1 Å². The molecule has 4 rings (SSSR count). The van der Waals surface area contributed by atoms with Crippen molar-refractivity contribution < 1.29 is 0 Å². The molecule has 1 aromatic heterocycles. The Morgan fingerprint density at radius 3 is 2.75 bits per heavy atom. The van der Waals surface area contributed by atoms with Gasteiger partial charge in [0.15, 0.2) is 0 Å². The average molecular weight is 340 g/mol. The molecule has 0 amide bonds. The minimum Gasteiger partial charge on any atom is -0.346 e. The summed E-state index contributed by atoms with van der Waals surface area (Å²) in [5, 5.41) is 16.3. The molecule has 6 heteroatoms. The number of anilines is 1. The standard InChI is InChI=1S/C18H18ClN5/c1-11-6-7-13(8-12(11)2)16-10-17(14-4-3-5-15(19)9-14)24-18(20-16)21-22-23-24/h3-9,16-17H,10H2,1-2H3,(H,20,21,23)/t16-,17-/m0/s1. The lowest BCUT2D eigenvalue weighted by Crippen LogP contribution is -2.28. The van der Waals surface area contributed by atoms with Crippen LogP contribution in [0.1, 0.15) is 40.8 Å². The van der Waals surface area contributed by atoms with Crippen molar-refractivity contribution >= 4 is 17.5 Å². The third kappa shape index (κ3) is 2.65. The Hall–Kier alpha value is -2.40. The summed E-state index contributed by atoms with van der Waals surface area (Å²) in [6.45, 7) is 4.27. The first-order chi connectivity index (χ1) is 11.6. The molecule has 1 aliphatic rings. The van der Waals surface area contributed by atoms with Crippen LogP contribution in [0.2, 0.25) is 5.02 Å². The normalized spacial score (nSPS) is 19.6. The van der Waals surface area contributed by atoms with Crippen LogP contribution in [0.25, 0.3) is 0 Å². The molecular weight excluding hydrogens is 322 g/mol. The first-order valence-electron chi connectivity index (χ1n) is 7.99. The molecule has 122 valence electrons. The van der Waals surface area contributed by atoms with Gasteiger partial charge in [-0.25, -0.2) is 4.68 Å². The summed E-state index contributed by atoms with van der Waals surface area (Å²) in [5.41, 5.74) is 4.95. The predicted octanol–water partition coefficient (Wildman–Crippen LogP) is 4.09. The molecule has 0 fully saturated rings. The third-order valence-corrected chi connectivity index (χ3v) is 4.95. The minimum atomic E-state index is 0.0570. The highest BCUT2D eigenvalue weighted by atomic mass is 35.5. The van der Waals surface area contributed by atoms with Crippen LogP contribution in [0.5, 0.6) is 0 Å². The van der Waals surface area contributed by atoms with Gasteiger partial charge in [-0.3, -0.25) is 0 Å². The summed E-state index contributed by atoms with van der Waals surface area (Å²) >= 11 is 6.18. The molecule has 0 radical (unpaired) electrons. The fourth-order valence-corrected chi connectivity index (χ4v) is 3.43. The van der Waals surface area contributed by atoms with Gasteiger partial charge in [0.1, 0.15) is 0 Å². The molecule has 0 saturated heterocycles. The number of halogens is 1. The van der Waals surface area contributed by atoms with Crippen LogP contribution >= 0.6 is 11.6 Å². The highest BCUT2D eigenvalue weighted by molar-refractivity contribution is 6.30. The van der Waals surface area contributed by atoms with Crippen molar-refractivity contribution in [1.29, 1.82) is 0 Å². The summed E-state index contributed by atoms with van der Waals surface area (Å²) in [5.74, 6) is 0.689. The molecule has 0 spiro atoms. The van der Waals surface area contributed by atoms with Gasteiger partial charge in [0.05, 0.1) is 12.1 Å². The quantitative estimate of drug-likeness (QED) is 0.764. The highest BCUT2D eigenvalue weighted by Crippen LogP contribution is 2.37. The number of fused-ring (bicyclic) bond motifs is 1. The minimum absolute atomic E-state index is 0.0570. The van der Waals surface area contributed by atoms with E-state index in [0.29, 0.717) is 5.95 Å². The molecule has 0 bridgehead atoms. The number of aromatic nitrogens is 4. The third-order valence-electron chi connectivity index (χ3n) is 4.72. The van der Waals surface area contributed by atoms with Gasteiger partial charge in [-0.15, -0.1) is 0 Å². The Kier molecular flexibility index (Phi) is 3.73. The van der Waals surface area contributed by atoms with Gasteiger partial charge >= 0.3 is 0 Å². The molecule has 2 heterocycles. The van der Waals surface area contributed by atoms with E-state index < -0.39 is 0 Å². The number of hydrogen-bond acceptors (Lipinski definition) is 4. The maximum Gasteiger partial charge on any atom is 0.243 e. The van der Waals surface area contributed by atoms with Crippen molar-refractivity contribution in [2.45, 2.75) is 32.4 Å². The van der Waals surface area contributed by atoms with Crippen molar-refractivity contribution in [1.82, 2.24) is 20.2 Å². The first-order valence-corrected chi connectivity index (χ1v) is 8.36. The lowest BCUT2D eigenvalue weighted by atomic mass is 9.92. The van der Waals surface area contributed by atoms with Crippen molar-refractivity contribution in [2.24, 2.45) is 0 Å². The van der Waals surface area contributed by atoms with Crippen LogP contribution in [0.3, 0.4) is 0 Å². The fraction of sp³-hybridized carbons (Fsp3) is 0.278. The van der Waals surface area contributed by atoms with Crippen LogP contribution < -0.4 is 5.32 Å². The SMILES string of the molecule is Cc1ccc([C@@H]2C[C@@H](c3cccc(Cl)c3)n3nnnc3N2)cc1C. The summed E-state index contributed by atoms with van der Waals surface area (Å²) < 4.78 is 1.84. The van der Waals surface area contributed by atoms with E-state index in [4.69, 9.17) is 11.6 Å². The van der Waals surface area contributed by atoms with Gasteiger partial charge in [0.2, 0.25) is 5.95 Å². The number of aryl methyl sites for hydroxylation is 2. The van der Waals surface area contributed by atoms with E-state index in [1.165, 1.54) is 16.7 Å². The lowest BCUT2D eigenvalue weighted by molar-refractivity contribution is 0.423. The Labute approximate surface area is 145 Å². The maximum atomic E-state index is 6.18. The molecule has 0 aliphatic carbocycles. The van der Waals surface area contributed by atoms with E-state index in [9.17, 15) is 0 Å². The Bertz CT molecular complexity index is 889. The topological polar surface area (TPSA) is 55.6 Å². The molecule has 24 heavy (non-hydrogen) atoms. The molecular formula is C18H18ClN5. The van der Waals surface area contributed by atoms with Crippen LogP contribution in [-0.2, 0) is 0 Å². The highest BCUT2D eigenvalue weighted by Gasteiger charge is 2.30. The number of benzene rings is 2. The molecule has 0 unspecified atom stereocenters. The van der Waals surface area contributed by atoms with Gasteiger partial charge in [-0.1, -0.05) is 47.0 Å². The number of tetrazole rings is 1. The number of nitrogens with zero attached hydrogens (tertiary/aromatic N) is 4. The fourth-order valence-electron chi connectivity index (χ4n) is 3.23. The van der Waals surface area contributed by atoms with E-state index in [0.717, 1.165) is 17.0 Å². The number of rotatable bonds is 2. The van der Waals surface area contributed by atoms with E-state index in [1.807, 2.05) is 22.9 Å². The molecule has 1 aliphatic heterocycles. The summed E-state index contributed by atoms with van der Waals surface area (Å²) in [6, 6.07) is 14.7. The van der Waals surface area contributed by atoms with E-state index in [1.54, 1.807) is 0 Å². The van der Waals surface area contributed by atoms with Crippen LogP contribution in [0.15, 0.2) is 42.5 Å². The van der Waals surface area contributed by atoms with Crippen molar-refractivity contribution in [3.8, 4) is 0 Å². The average Bonchev–Trinajstić information content (AvgIpc) is 3.05. The second-order valence-corrected chi connectivity index (χ2v) is 6.73. The number of hydrogen-bond donors (Lipinski definition) is 1. The zero-order valence-corrected chi connectivity index (χ0v) is 14.3. The van der Waals surface area contributed by atoms with E-state index in [2.05, 4.69) is 59.0 Å². The Balaban J connectivity index is 1.74. The smallest absolute Gasteiger partial charge is 0.243 e. The van der Waals surface area contributed by atoms with Crippen LogP contribution in [0.4, 0.5) is 5.95 Å². The predicted molar refractivity (Wildman–Crippen MR) is 94.3 cm³/mol. The lowest BCUT2D eigenvalue weighted by Gasteiger charge is -2.31. The van der Waals surface area contributed by atoms with Crippen molar-refractivity contribution in [2.75, 3.05) is 5.32 Å². The van der Waals surface area contributed by atoms with Gasteiger partial charge in [0, 0.05) is 5.02 Å². The van der Waals surface area contributed by atoms with Crippen molar-refractivity contribution in [3.05, 3.63) is 69.7 Å². The second-order valence-electron chi connectivity index (χ2n) is 6.29. The summed E-state index contributed by atoms with van der Waals surface area (Å²) in [4.78, 5) is 0.